The van der Waals surface area contributed by atoms with Crippen molar-refractivity contribution < 1.29 is 4.79 Å². The van der Waals surface area contributed by atoms with Crippen LogP contribution in [0.25, 0.3) is 0 Å². The van der Waals surface area contributed by atoms with Gasteiger partial charge in [0, 0.05) is 24.3 Å². The van der Waals surface area contributed by atoms with Crippen LogP contribution in [0.15, 0.2) is 18.3 Å². The highest BCUT2D eigenvalue weighted by molar-refractivity contribution is 5.94. The lowest BCUT2D eigenvalue weighted by Gasteiger charge is -2.38. The average molecular weight is 232 g/mol. The van der Waals surface area contributed by atoms with Gasteiger partial charge >= 0.3 is 0 Å². The topological polar surface area (TPSA) is 33.2 Å². The van der Waals surface area contributed by atoms with Gasteiger partial charge in [0.1, 0.15) is 5.82 Å². The van der Waals surface area contributed by atoms with Crippen LogP contribution in [0, 0.1) is 5.92 Å². The van der Waals surface area contributed by atoms with Crippen LogP contribution >= 0.6 is 0 Å². The first kappa shape index (κ1) is 12.1. The molecule has 1 aliphatic heterocycles. The Bertz CT molecular complexity index is 416. The molecule has 17 heavy (non-hydrogen) atoms. The zero-order valence-electron chi connectivity index (χ0n) is 10.8. The summed E-state index contributed by atoms with van der Waals surface area (Å²) in [4.78, 5) is 18.1. The largest absolute Gasteiger partial charge is 0.354 e. The van der Waals surface area contributed by atoms with Gasteiger partial charge in [-0.25, -0.2) is 4.98 Å². The number of nitrogens with zero attached hydrogens (tertiary/aromatic N) is 2. The molecule has 0 radical (unpaired) electrons. The highest BCUT2D eigenvalue weighted by atomic mass is 16.1. The first-order chi connectivity index (χ1) is 8.09. The minimum atomic E-state index is 0.103. The SMILES string of the molecule is CC(=O)c1ccnc(N2CCCC(C)C2C)c1. The molecule has 0 N–H and O–H groups in total. The molecule has 1 fully saturated rings. The second-order valence-electron chi connectivity index (χ2n) is 5.01. The number of carbonyl (C=O) groups is 1. The molecule has 0 bridgehead atoms. The van der Waals surface area contributed by atoms with Crippen LogP contribution in [0.2, 0.25) is 0 Å². The van der Waals surface area contributed by atoms with E-state index in [0.717, 1.165) is 17.9 Å². The number of Topliss-reactive ketones (excluding diaryl/α,β-unsaturated/α-hetero) is 1. The zero-order chi connectivity index (χ0) is 12.4. The summed E-state index contributed by atoms with van der Waals surface area (Å²) in [6, 6.07) is 4.19. The third kappa shape index (κ3) is 2.48. The van der Waals surface area contributed by atoms with E-state index in [0.29, 0.717) is 12.0 Å². The maximum Gasteiger partial charge on any atom is 0.159 e. The molecule has 0 aromatic carbocycles. The average Bonchev–Trinajstić information content (AvgIpc) is 2.33. The van der Waals surface area contributed by atoms with Crippen molar-refractivity contribution in [3.05, 3.63) is 23.9 Å². The zero-order valence-corrected chi connectivity index (χ0v) is 10.8. The van der Waals surface area contributed by atoms with Crippen LogP contribution in [0.1, 0.15) is 44.0 Å². The second kappa shape index (κ2) is 4.86. The van der Waals surface area contributed by atoms with E-state index in [2.05, 4.69) is 23.7 Å². The fourth-order valence-electron chi connectivity index (χ4n) is 2.45. The van der Waals surface area contributed by atoms with Gasteiger partial charge in [0.15, 0.2) is 5.78 Å². The van der Waals surface area contributed by atoms with Gasteiger partial charge in [0.2, 0.25) is 0 Å². The lowest BCUT2D eigenvalue weighted by atomic mass is 9.92. The smallest absolute Gasteiger partial charge is 0.159 e. The van der Waals surface area contributed by atoms with Crippen LogP contribution in [-0.4, -0.2) is 23.4 Å². The maximum atomic E-state index is 11.4. The molecule has 2 heterocycles. The Morgan fingerprint density at radius 1 is 1.47 bits per heavy atom. The van der Waals surface area contributed by atoms with Crippen LogP contribution in [0.3, 0.4) is 0 Å². The minimum absolute atomic E-state index is 0.103. The Balaban J connectivity index is 2.26. The van der Waals surface area contributed by atoms with Gasteiger partial charge in [-0.1, -0.05) is 6.92 Å². The van der Waals surface area contributed by atoms with Gasteiger partial charge in [-0.15, -0.1) is 0 Å². The number of ketones is 1. The monoisotopic (exact) mass is 232 g/mol. The van der Waals surface area contributed by atoms with Crippen LogP contribution in [-0.2, 0) is 0 Å². The van der Waals surface area contributed by atoms with Crippen molar-refractivity contribution in [1.82, 2.24) is 4.98 Å². The summed E-state index contributed by atoms with van der Waals surface area (Å²) in [5, 5.41) is 0. The van der Waals surface area contributed by atoms with E-state index >= 15 is 0 Å². The van der Waals surface area contributed by atoms with E-state index < -0.39 is 0 Å². The number of aromatic nitrogens is 1. The number of anilines is 1. The molecule has 2 rings (SSSR count). The van der Waals surface area contributed by atoms with Crippen molar-refractivity contribution in [1.29, 1.82) is 0 Å². The third-order valence-corrected chi connectivity index (χ3v) is 3.82. The molecule has 92 valence electrons. The fourth-order valence-corrected chi connectivity index (χ4v) is 2.45. The van der Waals surface area contributed by atoms with Gasteiger partial charge < -0.3 is 4.90 Å². The number of pyridine rings is 1. The van der Waals surface area contributed by atoms with Crippen molar-refractivity contribution in [3.8, 4) is 0 Å². The Kier molecular flexibility index (Phi) is 3.46. The maximum absolute atomic E-state index is 11.4. The van der Waals surface area contributed by atoms with Crippen LogP contribution in [0.5, 0.6) is 0 Å². The molecule has 2 unspecified atom stereocenters. The first-order valence-electron chi connectivity index (χ1n) is 6.33. The summed E-state index contributed by atoms with van der Waals surface area (Å²) >= 11 is 0. The normalized spacial score (nSPS) is 24.8. The summed E-state index contributed by atoms with van der Waals surface area (Å²) in [6.07, 6.45) is 4.22. The molecule has 1 aromatic rings. The molecule has 0 spiro atoms. The highest BCUT2D eigenvalue weighted by Crippen LogP contribution is 2.27. The van der Waals surface area contributed by atoms with Gasteiger partial charge in [0.25, 0.3) is 0 Å². The Hall–Kier alpha value is -1.38. The molecule has 3 nitrogen and oxygen atoms in total. The number of rotatable bonds is 2. The molecule has 1 saturated heterocycles. The van der Waals surface area contributed by atoms with E-state index in [9.17, 15) is 4.79 Å². The molecule has 0 amide bonds. The molecule has 0 saturated carbocycles. The van der Waals surface area contributed by atoms with Crippen molar-refractivity contribution in [2.75, 3.05) is 11.4 Å². The fraction of sp³-hybridized carbons (Fsp3) is 0.571. The summed E-state index contributed by atoms with van der Waals surface area (Å²) in [7, 11) is 0. The summed E-state index contributed by atoms with van der Waals surface area (Å²) in [5.74, 6) is 1.73. The van der Waals surface area contributed by atoms with Gasteiger partial charge in [-0.2, -0.15) is 0 Å². The van der Waals surface area contributed by atoms with Crippen molar-refractivity contribution in [2.24, 2.45) is 5.92 Å². The van der Waals surface area contributed by atoms with Crippen molar-refractivity contribution in [2.45, 2.75) is 39.7 Å². The van der Waals surface area contributed by atoms with E-state index in [1.807, 2.05) is 6.07 Å². The molecule has 3 heteroatoms. The van der Waals surface area contributed by atoms with Crippen molar-refractivity contribution >= 4 is 11.6 Å². The lowest BCUT2D eigenvalue weighted by molar-refractivity contribution is 0.101. The number of piperidine rings is 1. The second-order valence-corrected chi connectivity index (χ2v) is 5.01. The Morgan fingerprint density at radius 3 is 2.94 bits per heavy atom. The predicted octanol–water partition coefficient (Wildman–Crippen LogP) is 2.91. The molecule has 1 aliphatic rings. The van der Waals surface area contributed by atoms with Gasteiger partial charge in [-0.3, -0.25) is 4.79 Å². The van der Waals surface area contributed by atoms with Crippen LogP contribution < -0.4 is 4.90 Å². The number of hydrogen-bond donors (Lipinski definition) is 0. The molecule has 0 aliphatic carbocycles. The molecular weight excluding hydrogens is 212 g/mol. The first-order valence-corrected chi connectivity index (χ1v) is 6.33. The quantitative estimate of drug-likeness (QED) is 0.735. The highest BCUT2D eigenvalue weighted by Gasteiger charge is 2.25. The van der Waals surface area contributed by atoms with E-state index in [1.165, 1.54) is 12.8 Å². The minimum Gasteiger partial charge on any atom is -0.354 e. The van der Waals surface area contributed by atoms with E-state index in [1.54, 1.807) is 19.2 Å². The van der Waals surface area contributed by atoms with Crippen molar-refractivity contribution in [3.63, 3.8) is 0 Å². The van der Waals surface area contributed by atoms with Crippen LogP contribution in [0.4, 0.5) is 5.82 Å². The molecule has 1 aromatic heterocycles. The summed E-state index contributed by atoms with van der Waals surface area (Å²) < 4.78 is 0. The standard InChI is InChI=1S/C14H20N2O/c1-10-5-4-8-16(11(10)2)14-9-13(12(3)17)6-7-15-14/h6-7,9-11H,4-5,8H2,1-3H3. The molecule has 2 atom stereocenters. The number of hydrogen-bond acceptors (Lipinski definition) is 3. The Labute approximate surface area is 103 Å². The number of carbonyl (C=O) groups excluding carboxylic acids is 1. The van der Waals surface area contributed by atoms with E-state index in [4.69, 9.17) is 0 Å². The van der Waals surface area contributed by atoms with Gasteiger partial charge in [-0.05, 0) is 44.7 Å². The summed E-state index contributed by atoms with van der Waals surface area (Å²) in [6.45, 7) is 7.17. The lowest BCUT2D eigenvalue weighted by Crippen LogP contribution is -2.42. The Morgan fingerprint density at radius 2 is 2.24 bits per heavy atom. The third-order valence-electron chi connectivity index (χ3n) is 3.82. The van der Waals surface area contributed by atoms with Gasteiger partial charge in [0.05, 0.1) is 0 Å². The van der Waals surface area contributed by atoms with E-state index in [-0.39, 0.29) is 5.78 Å². The predicted molar refractivity (Wildman–Crippen MR) is 69.4 cm³/mol. The molecular formula is C14H20N2O. The summed E-state index contributed by atoms with van der Waals surface area (Å²) in [5.41, 5.74) is 0.750.